The number of fused-ring (bicyclic) bond motifs is 2. The van der Waals surface area contributed by atoms with E-state index in [1.54, 1.807) is 29.4 Å². The molecule has 0 unspecified atom stereocenters. The molecule has 0 aliphatic carbocycles. The average Bonchev–Trinajstić information content (AvgIpc) is 3.56. The highest BCUT2D eigenvalue weighted by molar-refractivity contribution is 7.92. The SMILES string of the molecule is CS(=O)(=O)c1ccc(C[C@H](NC(=O)c2c(Cl)cc3c(c2Cl)CCN(C(=O)c2ccc4ccoc4c2)C3)C(=O)O)s1. The fourth-order valence-electron chi connectivity index (χ4n) is 4.60. The van der Waals surface area contributed by atoms with Crippen LogP contribution in [0.4, 0.5) is 0 Å². The number of hydrogen-bond donors (Lipinski definition) is 2. The quantitative estimate of drug-likeness (QED) is 0.302. The third kappa shape index (κ3) is 5.60. The first-order chi connectivity index (χ1) is 18.9. The predicted octanol–water partition coefficient (Wildman–Crippen LogP) is 4.83. The van der Waals surface area contributed by atoms with Crippen LogP contribution in [0.25, 0.3) is 11.0 Å². The first-order valence-corrected chi connectivity index (χ1v) is 15.5. The van der Waals surface area contributed by atoms with Crippen LogP contribution in [0.5, 0.6) is 0 Å². The fourth-order valence-corrected chi connectivity index (χ4v) is 7.39. The molecule has 0 saturated carbocycles. The minimum absolute atomic E-state index is 0.0205. The number of thiophene rings is 1. The van der Waals surface area contributed by atoms with E-state index in [-0.39, 0.29) is 38.7 Å². The molecule has 2 N–H and O–H groups in total. The summed E-state index contributed by atoms with van der Waals surface area (Å²) in [6.45, 7) is 0.577. The minimum Gasteiger partial charge on any atom is -0.480 e. The molecule has 9 nitrogen and oxygen atoms in total. The highest BCUT2D eigenvalue weighted by atomic mass is 35.5. The van der Waals surface area contributed by atoms with E-state index in [2.05, 4.69) is 5.32 Å². The van der Waals surface area contributed by atoms with Crippen LogP contribution in [0.15, 0.2) is 57.4 Å². The van der Waals surface area contributed by atoms with Gasteiger partial charge in [0.1, 0.15) is 15.8 Å². The molecule has 1 aliphatic rings. The molecule has 3 heterocycles. The van der Waals surface area contributed by atoms with Crippen LogP contribution in [0.1, 0.15) is 36.7 Å². The molecule has 0 saturated heterocycles. The van der Waals surface area contributed by atoms with Crippen molar-refractivity contribution < 1.29 is 32.3 Å². The Bertz CT molecular complexity index is 1780. The Labute approximate surface area is 243 Å². The topological polar surface area (TPSA) is 134 Å². The van der Waals surface area contributed by atoms with Gasteiger partial charge < -0.3 is 19.7 Å². The van der Waals surface area contributed by atoms with Crippen molar-refractivity contribution in [3.05, 3.63) is 85.9 Å². The molecule has 0 bridgehead atoms. The second kappa shape index (κ2) is 10.9. The lowest BCUT2D eigenvalue weighted by molar-refractivity contribution is -0.139. The molecule has 0 spiro atoms. The standard InChI is InChI=1S/C27H22Cl2N2O7S2/c1-40(36,37)22-5-4-17(39-22)12-20(27(34)35)30-25(32)23-19(28)10-16-13-31(8-6-18(16)24(23)29)26(33)15-3-2-14-7-9-38-21(14)11-15/h2-5,7,9-11,20H,6,8,12-13H2,1H3,(H,30,32)(H,34,35)/t20-/m0/s1. The van der Waals surface area contributed by atoms with Crippen molar-refractivity contribution in [1.82, 2.24) is 10.2 Å². The molecule has 1 atom stereocenters. The molecule has 2 amide bonds. The van der Waals surface area contributed by atoms with Crippen molar-refractivity contribution in [1.29, 1.82) is 0 Å². The summed E-state index contributed by atoms with van der Waals surface area (Å²) in [6.07, 6.45) is 2.87. The van der Waals surface area contributed by atoms with Gasteiger partial charge in [0.05, 0.1) is 21.9 Å². The summed E-state index contributed by atoms with van der Waals surface area (Å²) < 4.78 is 29.0. The molecule has 2 aromatic heterocycles. The van der Waals surface area contributed by atoms with Gasteiger partial charge in [0, 0.05) is 41.6 Å². The van der Waals surface area contributed by atoms with Crippen LogP contribution < -0.4 is 5.32 Å². The second-order valence-corrected chi connectivity index (χ2v) is 13.6. The number of halogens is 2. The van der Waals surface area contributed by atoms with Crippen LogP contribution >= 0.6 is 34.5 Å². The van der Waals surface area contributed by atoms with Crippen LogP contribution in [-0.4, -0.2) is 55.1 Å². The van der Waals surface area contributed by atoms with Gasteiger partial charge in [-0.1, -0.05) is 29.3 Å². The van der Waals surface area contributed by atoms with Gasteiger partial charge in [0.15, 0.2) is 9.84 Å². The maximum Gasteiger partial charge on any atom is 0.326 e. The number of rotatable bonds is 7. The first-order valence-electron chi connectivity index (χ1n) is 12.0. The van der Waals surface area contributed by atoms with E-state index < -0.39 is 27.8 Å². The van der Waals surface area contributed by atoms with E-state index in [0.717, 1.165) is 23.0 Å². The number of furan rings is 1. The van der Waals surface area contributed by atoms with Gasteiger partial charge in [-0.2, -0.15) is 0 Å². The lowest BCUT2D eigenvalue weighted by atomic mass is 9.95. The van der Waals surface area contributed by atoms with E-state index in [9.17, 15) is 27.9 Å². The summed E-state index contributed by atoms with van der Waals surface area (Å²) >= 11 is 14.0. The Morgan fingerprint density at radius 2 is 1.93 bits per heavy atom. The lowest BCUT2D eigenvalue weighted by Gasteiger charge is -2.30. The van der Waals surface area contributed by atoms with Crippen LogP contribution in [0.2, 0.25) is 10.0 Å². The third-order valence-electron chi connectivity index (χ3n) is 6.63. The summed E-state index contributed by atoms with van der Waals surface area (Å²) in [6, 6.07) is 10.2. The van der Waals surface area contributed by atoms with Gasteiger partial charge in [-0.25, -0.2) is 13.2 Å². The van der Waals surface area contributed by atoms with Crippen molar-refractivity contribution in [3.8, 4) is 0 Å². The molecule has 0 radical (unpaired) electrons. The first kappa shape index (κ1) is 28.2. The number of carboxylic acid groups (broad SMARTS) is 1. The monoisotopic (exact) mass is 620 g/mol. The number of carbonyl (C=O) groups excluding carboxylic acids is 2. The molecule has 13 heteroatoms. The van der Waals surface area contributed by atoms with Gasteiger partial charge in [0.25, 0.3) is 11.8 Å². The molecular formula is C27H22Cl2N2O7S2. The highest BCUT2D eigenvalue weighted by Gasteiger charge is 2.30. The molecule has 5 rings (SSSR count). The van der Waals surface area contributed by atoms with Crippen molar-refractivity contribution in [2.75, 3.05) is 12.8 Å². The zero-order chi connectivity index (χ0) is 28.8. The highest BCUT2D eigenvalue weighted by Crippen LogP contribution is 2.35. The van der Waals surface area contributed by atoms with Crippen molar-refractivity contribution in [2.24, 2.45) is 0 Å². The van der Waals surface area contributed by atoms with Crippen LogP contribution in [0, 0.1) is 0 Å². The van der Waals surface area contributed by atoms with Crippen molar-refractivity contribution in [3.63, 3.8) is 0 Å². The summed E-state index contributed by atoms with van der Waals surface area (Å²) in [5.74, 6) is -2.25. The number of sulfone groups is 1. The maximum absolute atomic E-state index is 13.2. The molecule has 0 fully saturated rings. The number of aliphatic carboxylic acids is 1. The largest absolute Gasteiger partial charge is 0.480 e. The van der Waals surface area contributed by atoms with E-state index in [0.29, 0.717) is 40.1 Å². The number of amides is 2. The van der Waals surface area contributed by atoms with Gasteiger partial charge >= 0.3 is 5.97 Å². The average molecular weight is 622 g/mol. The summed E-state index contributed by atoms with van der Waals surface area (Å²) in [5, 5.41) is 13.2. The Balaban J connectivity index is 1.34. The van der Waals surface area contributed by atoms with E-state index in [1.807, 2.05) is 12.1 Å². The number of benzene rings is 2. The molecule has 40 heavy (non-hydrogen) atoms. The molecular weight excluding hydrogens is 599 g/mol. The van der Waals surface area contributed by atoms with Gasteiger partial charge in [-0.05, 0) is 53.9 Å². The molecule has 2 aromatic carbocycles. The smallest absolute Gasteiger partial charge is 0.326 e. The third-order valence-corrected chi connectivity index (χ3v) is 10.3. The van der Waals surface area contributed by atoms with Gasteiger partial charge in [-0.3, -0.25) is 9.59 Å². The molecule has 1 aliphatic heterocycles. The Morgan fingerprint density at radius 3 is 2.62 bits per heavy atom. The molecule has 4 aromatic rings. The number of nitrogens with one attached hydrogen (secondary N) is 1. The Hall–Kier alpha value is -3.38. The van der Waals surface area contributed by atoms with Crippen LogP contribution in [-0.2, 0) is 34.0 Å². The van der Waals surface area contributed by atoms with Crippen molar-refractivity contribution in [2.45, 2.75) is 29.6 Å². The fraction of sp³-hybridized carbons (Fsp3) is 0.222. The van der Waals surface area contributed by atoms with Gasteiger partial charge in [0.2, 0.25) is 0 Å². The summed E-state index contributed by atoms with van der Waals surface area (Å²) in [5.41, 5.74) is 2.38. The Morgan fingerprint density at radius 1 is 1.15 bits per heavy atom. The predicted molar refractivity (Wildman–Crippen MR) is 151 cm³/mol. The number of carboxylic acids is 1. The van der Waals surface area contributed by atoms with Crippen molar-refractivity contribution >= 4 is 73.1 Å². The lowest BCUT2D eigenvalue weighted by Crippen LogP contribution is -2.42. The van der Waals surface area contributed by atoms with E-state index in [4.69, 9.17) is 27.6 Å². The second-order valence-electron chi connectivity index (χ2n) is 9.40. The zero-order valence-corrected chi connectivity index (χ0v) is 24.1. The zero-order valence-electron chi connectivity index (χ0n) is 20.9. The number of carbonyl (C=O) groups is 3. The van der Waals surface area contributed by atoms with E-state index in [1.165, 1.54) is 12.1 Å². The van der Waals surface area contributed by atoms with Gasteiger partial charge in [-0.15, -0.1) is 11.3 Å². The maximum atomic E-state index is 13.2. The van der Waals surface area contributed by atoms with Crippen LogP contribution in [0.3, 0.4) is 0 Å². The molecule has 208 valence electrons. The van der Waals surface area contributed by atoms with E-state index >= 15 is 0 Å². The number of hydrogen-bond acceptors (Lipinski definition) is 7. The minimum atomic E-state index is -3.44. The summed E-state index contributed by atoms with van der Waals surface area (Å²) in [7, 11) is -3.44. The normalized spacial score (nSPS) is 14.1. The summed E-state index contributed by atoms with van der Waals surface area (Å²) in [4.78, 5) is 40.4. The Kier molecular flexibility index (Phi) is 7.66. The number of nitrogens with zero attached hydrogens (tertiary/aromatic N) is 1.